The molecule has 12 heteroatoms. The van der Waals surface area contributed by atoms with E-state index in [0.717, 1.165) is 0 Å². The zero-order valence-corrected chi connectivity index (χ0v) is 14.3. The smallest absolute Gasteiger partial charge is 0.312 e. The number of ether oxygens (including phenoxy) is 2. The van der Waals surface area contributed by atoms with Gasteiger partial charge in [-0.25, -0.2) is 9.78 Å². The summed E-state index contributed by atoms with van der Waals surface area (Å²) in [6, 6.07) is -0.854. The van der Waals surface area contributed by atoms with Crippen molar-refractivity contribution >= 4 is 23.1 Å². The second-order valence-electron chi connectivity index (χ2n) is 6.07. The fourth-order valence-electron chi connectivity index (χ4n) is 3.13. The molecular weight excluding hydrogens is 346 g/mol. The normalized spacial score (nSPS) is 28.4. The molecule has 1 aliphatic rings. The Hall–Kier alpha value is -2.70. The summed E-state index contributed by atoms with van der Waals surface area (Å²) in [7, 11) is 0. The number of amides is 2. The molecule has 3 heterocycles. The van der Waals surface area contributed by atoms with Crippen LogP contribution >= 0.6 is 0 Å². The maximum Gasteiger partial charge on any atom is 0.312 e. The van der Waals surface area contributed by atoms with Crippen molar-refractivity contribution in [3.05, 3.63) is 6.33 Å². The molecule has 0 spiro atoms. The van der Waals surface area contributed by atoms with Gasteiger partial charge < -0.3 is 36.5 Å². The quantitative estimate of drug-likeness (QED) is 0.419. The molecule has 0 radical (unpaired) electrons. The lowest BCUT2D eigenvalue weighted by atomic mass is 9.92. The Kier molecular flexibility index (Phi) is 4.56. The number of carbonyl (C=O) groups is 1. The van der Waals surface area contributed by atoms with Crippen LogP contribution in [0.25, 0.3) is 11.2 Å². The molecule has 0 bridgehead atoms. The van der Waals surface area contributed by atoms with Crippen molar-refractivity contribution in [2.75, 3.05) is 18.9 Å². The predicted molar refractivity (Wildman–Crippen MR) is 89.0 cm³/mol. The van der Waals surface area contributed by atoms with E-state index in [1.54, 1.807) is 13.8 Å². The Morgan fingerprint density at radius 1 is 1.54 bits per heavy atom. The van der Waals surface area contributed by atoms with Gasteiger partial charge in [-0.05, 0) is 13.8 Å². The average molecular weight is 367 g/mol. The molecule has 26 heavy (non-hydrogen) atoms. The molecular formula is C14H21N7O5. The van der Waals surface area contributed by atoms with Crippen molar-refractivity contribution < 1.29 is 24.5 Å². The number of carbonyl (C=O) groups excluding carboxylic acids is 1. The van der Waals surface area contributed by atoms with Crippen LogP contribution in [0.15, 0.2) is 6.33 Å². The Labute approximate surface area is 148 Å². The number of aliphatic hydroxyl groups is 2. The third-order valence-corrected chi connectivity index (χ3v) is 4.30. The minimum Gasteiger partial charge on any atom is -0.476 e. The number of primary amides is 1. The minimum atomic E-state index is -1.35. The summed E-state index contributed by atoms with van der Waals surface area (Å²) in [6.07, 6.45) is -1.73. The third-order valence-electron chi connectivity index (χ3n) is 4.30. The highest BCUT2D eigenvalue weighted by atomic mass is 16.5. The highest BCUT2D eigenvalue weighted by Gasteiger charge is 2.55. The van der Waals surface area contributed by atoms with Gasteiger partial charge in [-0.1, -0.05) is 0 Å². The van der Waals surface area contributed by atoms with Gasteiger partial charge in [0.05, 0.1) is 19.5 Å². The van der Waals surface area contributed by atoms with Crippen LogP contribution in [0.4, 0.5) is 10.7 Å². The molecule has 3 rings (SSSR count). The van der Waals surface area contributed by atoms with Crippen LogP contribution in [0.1, 0.15) is 20.1 Å². The number of fused-ring (bicyclic) bond motifs is 1. The Morgan fingerprint density at radius 2 is 2.27 bits per heavy atom. The van der Waals surface area contributed by atoms with Crippen LogP contribution in [-0.4, -0.2) is 66.7 Å². The van der Waals surface area contributed by atoms with Gasteiger partial charge in [0.1, 0.15) is 17.7 Å². The van der Waals surface area contributed by atoms with Crippen molar-refractivity contribution in [1.82, 2.24) is 24.8 Å². The van der Waals surface area contributed by atoms with Gasteiger partial charge in [0.25, 0.3) is 0 Å². The van der Waals surface area contributed by atoms with E-state index >= 15 is 0 Å². The molecule has 142 valence electrons. The maximum absolute atomic E-state index is 11.5. The number of rotatable bonds is 5. The maximum atomic E-state index is 11.5. The van der Waals surface area contributed by atoms with E-state index in [2.05, 4.69) is 20.3 Å². The zero-order chi connectivity index (χ0) is 19.1. The number of hydrogen-bond donors (Lipinski definition) is 5. The minimum absolute atomic E-state index is 0.0375. The van der Waals surface area contributed by atoms with E-state index in [4.69, 9.17) is 20.9 Å². The Morgan fingerprint density at radius 3 is 2.88 bits per heavy atom. The molecule has 1 unspecified atom stereocenters. The first-order valence-electron chi connectivity index (χ1n) is 7.96. The highest BCUT2D eigenvalue weighted by Crippen LogP contribution is 2.40. The van der Waals surface area contributed by atoms with Crippen molar-refractivity contribution in [2.45, 2.75) is 37.8 Å². The summed E-state index contributed by atoms with van der Waals surface area (Å²) in [4.78, 5) is 23.9. The van der Waals surface area contributed by atoms with Crippen LogP contribution in [-0.2, 0) is 4.74 Å². The number of aromatic nitrogens is 4. The molecule has 2 amide bonds. The van der Waals surface area contributed by atoms with Crippen LogP contribution in [0.3, 0.4) is 0 Å². The lowest BCUT2D eigenvalue weighted by Gasteiger charge is -2.33. The van der Waals surface area contributed by atoms with Crippen LogP contribution in [0, 0.1) is 0 Å². The summed E-state index contributed by atoms with van der Waals surface area (Å²) < 4.78 is 12.6. The van der Waals surface area contributed by atoms with E-state index in [0.29, 0.717) is 12.1 Å². The number of anilines is 1. The van der Waals surface area contributed by atoms with E-state index in [1.807, 2.05) is 0 Å². The van der Waals surface area contributed by atoms with E-state index in [-0.39, 0.29) is 17.5 Å². The van der Waals surface area contributed by atoms with Gasteiger partial charge in [0.2, 0.25) is 11.8 Å². The summed E-state index contributed by atoms with van der Waals surface area (Å²) in [6.45, 7) is 3.23. The van der Waals surface area contributed by atoms with Crippen molar-refractivity contribution in [3.63, 3.8) is 0 Å². The van der Waals surface area contributed by atoms with Gasteiger partial charge in [0.15, 0.2) is 17.4 Å². The van der Waals surface area contributed by atoms with Gasteiger partial charge >= 0.3 is 6.03 Å². The third kappa shape index (κ3) is 2.77. The Bertz CT molecular complexity index is 827. The van der Waals surface area contributed by atoms with Gasteiger partial charge in [-0.15, -0.1) is 0 Å². The lowest BCUT2D eigenvalue weighted by molar-refractivity contribution is -0.0463. The first-order chi connectivity index (χ1) is 12.3. The van der Waals surface area contributed by atoms with E-state index < -0.39 is 36.6 Å². The number of nitrogens with zero attached hydrogens (tertiary/aromatic N) is 4. The molecule has 4 atom stereocenters. The number of hydrogen-bond acceptors (Lipinski definition) is 9. The number of nitrogen functional groups attached to an aromatic ring is 1. The second kappa shape index (κ2) is 6.55. The topological polar surface area (TPSA) is 184 Å². The molecule has 12 nitrogen and oxygen atoms in total. The standard InChI is InChI=1S/C14H21N7O5/c1-3-25-10-7-9(18-12(15)19-10)21(5-17-7)11-14(2,20-13(16)24)8(23)6(4-22)26-11/h5-6,8,11,22-23H,3-4H2,1-2H3,(H2,15,18,19)(H3,16,20,24)/t6-,8?,11-,14-/m1/s1. The van der Waals surface area contributed by atoms with Gasteiger partial charge in [0, 0.05) is 0 Å². The van der Waals surface area contributed by atoms with Crippen LogP contribution < -0.4 is 21.5 Å². The van der Waals surface area contributed by atoms with Crippen molar-refractivity contribution in [3.8, 4) is 5.88 Å². The fraction of sp³-hybridized carbons (Fsp3) is 0.571. The number of urea groups is 1. The number of nitrogens with one attached hydrogen (secondary N) is 1. The fourth-order valence-corrected chi connectivity index (χ4v) is 3.13. The number of imidazole rings is 1. The van der Waals surface area contributed by atoms with Crippen LogP contribution in [0.5, 0.6) is 5.88 Å². The van der Waals surface area contributed by atoms with Gasteiger partial charge in [-0.3, -0.25) is 4.57 Å². The SMILES string of the molecule is CCOc1nc(N)nc2c1ncn2[C@@H]1O[C@H](CO)C(O)[C@@]1(C)NC(N)=O. The molecule has 0 aromatic carbocycles. The molecule has 7 N–H and O–H groups in total. The lowest BCUT2D eigenvalue weighted by Crippen LogP contribution is -2.58. The summed E-state index contributed by atoms with van der Waals surface area (Å²) in [5.41, 5.74) is 10.3. The predicted octanol–water partition coefficient (Wildman–Crippen LogP) is -1.52. The van der Waals surface area contributed by atoms with Crippen molar-refractivity contribution in [2.24, 2.45) is 5.73 Å². The first kappa shape index (κ1) is 18.1. The average Bonchev–Trinajstić information content (AvgIpc) is 3.07. The molecule has 2 aromatic rings. The number of aliphatic hydroxyl groups excluding tert-OH is 2. The number of nitrogens with two attached hydrogens (primary N) is 2. The van der Waals surface area contributed by atoms with E-state index in [9.17, 15) is 15.0 Å². The van der Waals surface area contributed by atoms with Gasteiger partial charge in [-0.2, -0.15) is 9.97 Å². The largest absolute Gasteiger partial charge is 0.476 e. The first-order valence-corrected chi connectivity index (χ1v) is 7.96. The highest BCUT2D eigenvalue weighted by molar-refractivity contribution is 5.78. The molecule has 2 aromatic heterocycles. The van der Waals surface area contributed by atoms with Crippen LogP contribution in [0.2, 0.25) is 0 Å². The molecule has 0 saturated carbocycles. The zero-order valence-electron chi connectivity index (χ0n) is 14.3. The molecule has 1 aliphatic heterocycles. The Balaban J connectivity index is 2.13. The summed E-state index contributed by atoms with van der Waals surface area (Å²) in [5.74, 6) is 0.167. The second-order valence-corrected chi connectivity index (χ2v) is 6.07. The monoisotopic (exact) mass is 367 g/mol. The summed E-state index contributed by atoms with van der Waals surface area (Å²) in [5, 5.41) is 22.5. The molecule has 0 aliphatic carbocycles. The van der Waals surface area contributed by atoms with E-state index in [1.165, 1.54) is 10.9 Å². The molecule has 1 fully saturated rings. The summed E-state index contributed by atoms with van der Waals surface area (Å²) >= 11 is 0. The van der Waals surface area contributed by atoms with Crippen molar-refractivity contribution in [1.29, 1.82) is 0 Å². The molecule has 1 saturated heterocycles.